The number of amides is 3. The second-order valence-corrected chi connectivity index (χ2v) is 6.35. The van der Waals surface area contributed by atoms with Gasteiger partial charge in [-0.25, -0.2) is 9.59 Å². The van der Waals surface area contributed by atoms with Crippen LogP contribution in [0.1, 0.15) is 37.7 Å². The fourth-order valence-corrected chi connectivity index (χ4v) is 2.82. The van der Waals surface area contributed by atoms with Gasteiger partial charge >= 0.3 is 12.0 Å². The first-order valence-electron chi connectivity index (χ1n) is 9.32. The predicted molar refractivity (Wildman–Crippen MR) is 106 cm³/mol. The highest BCUT2D eigenvalue weighted by Gasteiger charge is 2.10. The van der Waals surface area contributed by atoms with E-state index in [1.54, 1.807) is 12.1 Å². The van der Waals surface area contributed by atoms with Crippen molar-refractivity contribution in [3.05, 3.63) is 47.6 Å². The summed E-state index contributed by atoms with van der Waals surface area (Å²) < 4.78 is 10.0. The molecule has 0 saturated carbocycles. The second-order valence-electron chi connectivity index (χ2n) is 6.35. The Bertz CT molecular complexity index is 755. The zero-order valence-corrected chi connectivity index (χ0v) is 16.0. The molecule has 7 heteroatoms. The number of rotatable bonds is 8. The van der Waals surface area contributed by atoms with Gasteiger partial charge in [0.25, 0.3) is 5.91 Å². The molecule has 1 aliphatic rings. The van der Waals surface area contributed by atoms with Crippen LogP contribution in [0.15, 0.2) is 42.0 Å². The number of ether oxygens (including phenoxy) is 2. The number of imide groups is 1. The molecule has 3 amide bonds. The highest BCUT2D eigenvalue weighted by Crippen LogP contribution is 2.19. The van der Waals surface area contributed by atoms with Gasteiger partial charge in [0.05, 0.1) is 7.11 Å². The largest absolute Gasteiger partial charge is 0.496 e. The molecule has 150 valence electrons. The number of urea groups is 1. The van der Waals surface area contributed by atoms with Crippen LogP contribution in [-0.4, -0.2) is 38.2 Å². The van der Waals surface area contributed by atoms with E-state index in [0.29, 0.717) is 17.9 Å². The average molecular weight is 386 g/mol. The molecule has 2 N–H and O–H groups in total. The van der Waals surface area contributed by atoms with Crippen LogP contribution in [-0.2, 0) is 14.3 Å². The van der Waals surface area contributed by atoms with Crippen LogP contribution in [0.2, 0.25) is 0 Å². The molecule has 0 saturated heterocycles. The molecule has 0 fully saturated rings. The lowest BCUT2D eigenvalue weighted by Crippen LogP contribution is -2.41. The maximum Gasteiger partial charge on any atom is 0.331 e. The van der Waals surface area contributed by atoms with Gasteiger partial charge in [-0.05, 0) is 44.2 Å². The average Bonchev–Trinajstić information content (AvgIpc) is 2.71. The molecule has 1 aliphatic carbocycles. The minimum absolute atomic E-state index is 0.465. The summed E-state index contributed by atoms with van der Waals surface area (Å²) in [5.74, 6) is -0.760. The lowest BCUT2D eigenvalue weighted by Gasteiger charge is -2.13. The van der Waals surface area contributed by atoms with Gasteiger partial charge in [0, 0.05) is 18.2 Å². The Kier molecular flexibility index (Phi) is 8.78. The highest BCUT2D eigenvalue weighted by atomic mass is 16.5. The fourth-order valence-electron chi connectivity index (χ4n) is 2.82. The Balaban J connectivity index is 1.65. The maximum atomic E-state index is 11.7. The van der Waals surface area contributed by atoms with E-state index in [2.05, 4.69) is 16.7 Å². The third-order valence-electron chi connectivity index (χ3n) is 4.25. The summed E-state index contributed by atoms with van der Waals surface area (Å²) in [6.07, 6.45) is 10.3. The molecule has 0 heterocycles. The number of carbonyl (C=O) groups excluding carboxylic acids is 3. The molecule has 0 bridgehead atoms. The third-order valence-corrected chi connectivity index (χ3v) is 4.25. The SMILES string of the molecule is COc1ccccc1/C=C/C(=O)OCC(=O)NC(=O)NCCC1=CCCCC1. The van der Waals surface area contributed by atoms with E-state index in [9.17, 15) is 14.4 Å². The predicted octanol–water partition coefficient (Wildman–Crippen LogP) is 2.97. The van der Waals surface area contributed by atoms with Crippen molar-refractivity contribution in [2.24, 2.45) is 0 Å². The summed E-state index contributed by atoms with van der Waals surface area (Å²) in [6, 6.07) is 6.58. The van der Waals surface area contributed by atoms with Crippen molar-refractivity contribution in [3.8, 4) is 5.75 Å². The van der Waals surface area contributed by atoms with Gasteiger partial charge in [0.15, 0.2) is 6.61 Å². The van der Waals surface area contributed by atoms with Crippen LogP contribution in [0, 0.1) is 0 Å². The number of carbonyl (C=O) groups is 3. The molecule has 1 aromatic carbocycles. The molecular weight excluding hydrogens is 360 g/mol. The molecule has 0 atom stereocenters. The maximum absolute atomic E-state index is 11.7. The van der Waals surface area contributed by atoms with Crippen LogP contribution >= 0.6 is 0 Å². The number of nitrogens with one attached hydrogen (secondary N) is 2. The van der Waals surface area contributed by atoms with Crippen molar-refractivity contribution in [1.29, 1.82) is 0 Å². The number of esters is 1. The van der Waals surface area contributed by atoms with E-state index < -0.39 is 24.5 Å². The topological polar surface area (TPSA) is 93.7 Å². The fraction of sp³-hybridized carbons (Fsp3) is 0.381. The normalized spacial score (nSPS) is 13.5. The molecule has 7 nitrogen and oxygen atoms in total. The van der Waals surface area contributed by atoms with E-state index in [1.165, 1.54) is 37.7 Å². The number of hydrogen-bond donors (Lipinski definition) is 2. The molecule has 2 rings (SSSR count). The molecule has 0 radical (unpaired) electrons. The number of hydrogen-bond acceptors (Lipinski definition) is 5. The zero-order chi connectivity index (χ0) is 20.2. The van der Waals surface area contributed by atoms with Crippen LogP contribution in [0.4, 0.5) is 4.79 Å². The lowest BCUT2D eigenvalue weighted by molar-refractivity contribution is -0.143. The molecule has 1 aromatic rings. The molecule has 0 aromatic heterocycles. The third kappa shape index (κ3) is 7.65. The van der Waals surface area contributed by atoms with Crippen molar-refractivity contribution >= 4 is 24.0 Å². The van der Waals surface area contributed by atoms with Gasteiger partial charge in [-0.1, -0.05) is 29.8 Å². The van der Waals surface area contributed by atoms with Crippen LogP contribution < -0.4 is 15.4 Å². The van der Waals surface area contributed by atoms with E-state index in [1.807, 2.05) is 12.1 Å². The minimum Gasteiger partial charge on any atom is -0.496 e. The number of benzene rings is 1. The monoisotopic (exact) mass is 386 g/mol. The van der Waals surface area contributed by atoms with E-state index in [0.717, 1.165) is 19.3 Å². The smallest absolute Gasteiger partial charge is 0.331 e. The van der Waals surface area contributed by atoms with Gasteiger partial charge in [-0.15, -0.1) is 0 Å². The summed E-state index contributed by atoms with van der Waals surface area (Å²) in [6.45, 7) is -0.0694. The van der Waals surface area contributed by atoms with E-state index >= 15 is 0 Å². The van der Waals surface area contributed by atoms with Gasteiger partial charge in [-0.3, -0.25) is 10.1 Å². The summed E-state index contributed by atoms with van der Waals surface area (Å²) in [4.78, 5) is 35.1. The zero-order valence-electron chi connectivity index (χ0n) is 16.0. The summed E-state index contributed by atoms with van der Waals surface area (Å²) in [5.41, 5.74) is 2.05. The van der Waals surface area contributed by atoms with Gasteiger partial charge < -0.3 is 14.8 Å². The van der Waals surface area contributed by atoms with E-state index in [-0.39, 0.29) is 0 Å². The first kappa shape index (κ1) is 21.2. The van der Waals surface area contributed by atoms with Crippen molar-refractivity contribution in [1.82, 2.24) is 10.6 Å². The Morgan fingerprint density at radius 1 is 1.18 bits per heavy atom. The minimum atomic E-state index is -0.689. The molecule has 0 aliphatic heterocycles. The van der Waals surface area contributed by atoms with Gasteiger partial charge in [-0.2, -0.15) is 0 Å². The van der Waals surface area contributed by atoms with Crippen molar-refractivity contribution in [3.63, 3.8) is 0 Å². The van der Waals surface area contributed by atoms with Crippen LogP contribution in [0.3, 0.4) is 0 Å². The first-order valence-corrected chi connectivity index (χ1v) is 9.32. The summed E-state index contributed by atoms with van der Waals surface area (Å²) in [5, 5.41) is 4.76. The molecular formula is C21H26N2O5. The number of para-hydroxylation sites is 1. The Morgan fingerprint density at radius 2 is 2.00 bits per heavy atom. The summed E-state index contributed by atoms with van der Waals surface area (Å²) in [7, 11) is 1.53. The second kappa shape index (κ2) is 11.6. The van der Waals surface area contributed by atoms with Crippen molar-refractivity contribution < 1.29 is 23.9 Å². The molecule has 0 spiro atoms. The quantitative estimate of drug-likeness (QED) is 0.407. The van der Waals surface area contributed by atoms with Crippen LogP contribution in [0.5, 0.6) is 5.75 Å². The van der Waals surface area contributed by atoms with E-state index in [4.69, 9.17) is 9.47 Å². The standard InChI is InChI=1S/C21H26N2O5/c1-27-18-10-6-5-9-17(18)11-12-20(25)28-15-19(24)23-21(26)22-14-13-16-7-3-2-4-8-16/h5-7,9-12H,2-4,8,13-15H2,1H3,(H2,22,23,24,26)/b12-11+. The molecule has 28 heavy (non-hydrogen) atoms. The van der Waals surface area contributed by atoms with Crippen molar-refractivity contribution in [2.45, 2.75) is 32.1 Å². The lowest BCUT2D eigenvalue weighted by atomic mass is 9.97. The highest BCUT2D eigenvalue weighted by molar-refractivity contribution is 5.96. The Morgan fingerprint density at radius 3 is 2.75 bits per heavy atom. The summed E-state index contributed by atoms with van der Waals surface area (Å²) >= 11 is 0. The van der Waals surface area contributed by atoms with Gasteiger partial charge in [0.2, 0.25) is 0 Å². The molecule has 0 unspecified atom stereocenters. The van der Waals surface area contributed by atoms with Crippen LogP contribution in [0.25, 0.3) is 6.08 Å². The Labute approximate surface area is 164 Å². The van der Waals surface area contributed by atoms with Crippen molar-refractivity contribution in [2.75, 3.05) is 20.3 Å². The number of allylic oxidation sites excluding steroid dienone is 1. The Hall–Kier alpha value is -3.09. The van der Waals surface area contributed by atoms with Gasteiger partial charge in [0.1, 0.15) is 5.75 Å². The first-order chi connectivity index (χ1) is 13.6. The number of methoxy groups -OCH3 is 1.